The molecule has 0 spiro atoms. The van der Waals surface area contributed by atoms with Gasteiger partial charge in [-0.05, 0) is 25.0 Å². The number of nitrogens with one attached hydrogen (secondary N) is 1. The zero-order chi connectivity index (χ0) is 15.3. The third-order valence-corrected chi connectivity index (χ3v) is 5.76. The number of rotatable bonds is 7. The quantitative estimate of drug-likeness (QED) is 0.775. The molecular formula is C14H20FNO4S. The Kier molecular flexibility index (Phi) is 5.55. The Bertz CT molecular complexity index is 564. The predicted molar refractivity (Wildman–Crippen MR) is 77.6 cm³/mol. The van der Waals surface area contributed by atoms with Crippen molar-refractivity contribution in [1.82, 2.24) is 5.32 Å². The lowest BCUT2D eigenvalue weighted by atomic mass is 10.2. The first kappa shape index (κ1) is 16.2. The van der Waals surface area contributed by atoms with Crippen LogP contribution < -0.4 is 10.1 Å². The molecule has 1 aromatic rings. The van der Waals surface area contributed by atoms with E-state index in [0.717, 1.165) is 0 Å². The smallest absolute Gasteiger partial charge is 0.165 e. The standard InChI is InChI=1S/C14H20FNO4S/c15-13-5-1-2-6-14(13)20-10-11(17)8-16-9-12-4-3-7-21(12,18)19/h1-2,5-6,11-12,16-17H,3-4,7-10H2. The first-order chi connectivity index (χ1) is 9.99. The van der Waals surface area contributed by atoms with Gasteiger partial charge in [0.2, 0.25) is 0 Å². The molecule has 0 amide bonds. The minimum atomic E-state index is -2.97. The minimum Gasteiger partial charge on any atom is -0.488 e. The van der Waals surface area contributed by atoms with Crippen LogP contribution in [-0.2, 0) is 9.84 Å². The first-order valence-electron chi connectivity index (χ1n) is 6.97. The van der Waals surface area contributed by atoms with Gasteiger partial charge in [-0.1, -0.05) is 12.1 Å². The number of benzene rings is 1. The maximum atomic E-state index is 13.3. The van der Waals surface area contributed by atoms with E-state index in [0.29, 0.717) is 19.4 Å². The van der Waals surface area contributed by atoms with Crippen molar-refractivity contribution in [2.75, 3.05) is 25.4 Å². The molecule has 1 aliphatic rings. The third-order valence-electron chi connectivity index (χ3n) is 3.48. The molecule has 2 N–H and O–H groups in total. The Balaban J connectivity index is 1.68. The summed E-state index contributed by atoms with van der Waals surface area (Å²) >= 11 is 0. The minimum absolute atomic E-state index is 0.0502. The van der Waals surface area contributed by atoms with E-state index in [1.54, 1.807) is 12.1 Å². The second-order valence-electron chi connectivity index (χ2n) is 5.18. The summed E-state index contributed by atoms with van der Waals surface area (Å²) in [6.07, 6.45) is 0.541. The molecule has 0 aliphatic carbocycles. The maximum Gasteiger partial charge on any atom is 0.165 e. The number of halogens is 1. The molecule has 21 heavy (non-hydrogen) atoms. The van der Waals surface area contributed by atoms with Crippen LogP contribution in [0.2, 0.25) is 0 Å². The number of aliphatic hydroxyl groups excluding tert-OH is 1. The van der Waals surface area contributed by atoms with Crippen molar-refractivity contribution in [2.24, 2.45) is 0 Å². The van der Waals surface area contributed by atoms with Crippen LogP contribution in [0.5, 0.6) is 5.75 Å². The van der Waals surface area contributed by atoms with Gasteiger partial charge in [0.05, 0.1) is 11.0 Å². The van der Waals surface area contributed by atoms with Crippen molar-refractivity contribution in [3.05, 3.63) is 30.1 Å². The van der Waals surface area contributed by atoms with E-state index in [9.17, 15) is 17.9 Å². The van der Waals surface area contributed by atoms with Gasteiger partial charge in [0.25, 0.3) is 0 Å². The van der Waals surface area contributed by atoms with Crippen molar-refractivity contribution in [1.29, 1.82) is 0 Å². The van der Waals surface area contributed by atoms with E-state index in [4.69, 9.17) is 4.74 Å². The summed E-state index contributed by atoms with van der Waals surface area (Å²) in [5, 5.41) is 12.3. The number of ether oxygens (including phenoxy) is 1. The fourth-order valence-corrected chi connectivity index (χ4v) is 4.10. The second-order valence-corrected chi connectivity index (χ2v) is 7.59. The van der Waals surface area contributed by atoms with E-state index in [2.05, 4.69) is 5.32 Å². The molecule has 5 nitrogen and oxygen atoms in total. The predicted octanol–water partition coefficient (Wildman–Crippen LogP) is 0.732. The fourth-order valence-electron chi connectivity index (χ4n) is 2.31. The Hall–Kier alpha value is -1.18. The Morgan fingerprint density at radius 2 is 2.19 bits per heavy atom. The van der Waals surface area contributed by atoms with Crippen LogP contribution in [0.4, 0.5) is 4.39 Å². The van der Waals surface area contributed by atoms with Crippen molar-refractivity contribution in [2.45, 2.75) is 24.2 Å². The highest BCUT2D eigenvalue weighted by molar-refractivity contribution is 7.92. The molecule has 1 aliphatic heterocycles. The molecule has 118 valence electrons. The molecule has 0 radical (unpaired) electrons. The molecule has 1 aromatic carbocycles. The fraction of sp³-hybridized carbons (Fsp3) is 0.571. The van der Waals surface area contributed by atoms with E-state index < -0.39 is 21.8 Å². The SMILES string of the molecule is O=S1(=O)CCCC1CNCC(O)COc1ccccc1F. The number of hydrogen-bond acceptors (Lipinski definition) is 5. The molecular weight excluding hydrogens is 297 g/mol. The van der Waals surface area contributed by atoms with Crippen molar-refractivity contribution < 1.29 is 22.7 Å². The second kappa shape index (κ2) is 7.20. The van der Waals surface area contributed by atoms with Gasteiger partial charge in [-0.3, -0.25) is 0 Å². The molecule has 0 bridgehead atoms. The molecule has 7 heteroatoms. The Labute approximate surface area is 124 Å². The zero-order valence-electron chi connectivity index (χ0n) is 11.7. The molecule has 0 aromatic heterocycles. The average molecular weight is 317 g/mol. The van der Waals surface area contributed by atoms with Crippen LogP contribution in [0.1, 0.15) is 12.8 Å². The Morgan fingerprint density at radius 1 is 1.43 bits per heavy atom. The number of para-hydroxylation sites is 1. The lowest BCUT2D eigenvalue weighted by Crippen LogP contribution is -2.37. The molecule has 1 fully saturated rings. The number of sulfone groups is 1. The third kappa shape index (κ3) is 4.66. The van der Waals surface area contributed by atoms with Gasteiger partial charge in [0.15, 0.2) is 21.4 Å². The van der Waals surface area contributed by atoms with E-state index in [-0.39, 0.29) is 29.9 Å². The summed E-state index contributed by atoms with van der Waals surface area (Å²) in [5.41, 5.74) is 0. The van der Waals surface area contributed by atoms with Crippen LogP contribution in [0, 0.1) is 5.82 Å². The van der Waals surface area contributed by atoms with Gasteiger partial charge in [0.1, 0.15) is 12.7 Å². The molecule has 1 saturated heterocycles. The number of aliphatic hydroxyl groups is 1. The van der Waals surface area contributed by atoms with E-state index in [1.165, 1.54) is 12.1 Å². The summed E-state index contributed by atoms with van der Waals surface area (Å²) in [6.45, 7) is 0.491. The topological polar surface area (TPSA) is 75.6 Å². The van der Waals surface area contributed by atoms with Crippen LogP contribution >= 0.6 is 0 Å². The number of hydrogen-bond donors (Lipinski definition) is 2. The summed E-state index contributed by atoms with van der Waals surface area (Å²) in [5.74, 6) is -0.136. The molecule has 2 unspecified atom stereocenters. The normalized spacial score (nSPS) is 22.1. The van der Waals surface area contributed by atoms with Crippen LogP contribution in [0.15, 0.2) is 24.3 Å². The highest BCUT2D eigenvalue weighted by Crippen LogP contribution is 2.19. The highest BCUT2D eigenvalue weighted by atomic mass is 32.2. The molecule has 1 heterocycles. The lowest BCUT2D eigenvalue weighted by molar-refractivity contribution is 0.104. The largest absolute Gasteiger partial charge is 0.488 e. The van der Waals surface area contributed by atoms with Gasteiger partial charge >= 0.3 is 0 Å². The average Bonchev–Trinajstić information content (AvgIpc) is 2.77. The summed E-state index contributed by atoms with van der Waals surface area (Å²) in [7, 11) is -2.97. The van der Waals surface area contributed by atoms with Gasteiger partial charge < -0.3 is 15.2 Å². The van der Waals surface area contributed by atoms with Crippen LogP contribution in [0.3, 0.4) is 0 Å². The summed E-state index contributed by atoms with van der Waals surface area (Å²) < 4.78 is 41.7. The van der Waals surface area contributed by atoms with Crippen molar-refractivity contribution in [3.8, 4) is 5.75 Å². The lowest BCUT2D eigenvalue weighted by Gasteiger charge is -2.15. The molecule has 2 rings (SSSR count). The van der Waals surface area contributed by atoms with Crippen molar-refractivity contribution >= 4 is 9.84 Å². The molecule has 2 atom stereocenters. The van der Waals surface area contributed by atoms with Crippen LogP contribution in [-0.4, -0.2) is 50.3 Å². The van der Waals surface area contributed by atoms with Crippen LogP contribution in [0.25, 0.3) is 0 Å². The van der Waals surface area contributed by atoms with Gasteiger partial charge in [-0.2, -0.15) is 0 Å². The van der Waals surface area contributed by atoms with E-state index >= 15 is 0 Å². The monoisotopic (exact) mass is 317 g/mol. The summed E-state index contributed by atoms with van der Waals surface area (Å²) in [4.78, 5) is 0. The van der Waals surface area contributed by atoms with Crippen molar-refractivity contribution in [3.63, 3.8) is 0 Å². The first-order valence-corrected chi connectivity index (χ1v) is 8.68. The maximum absolute atomic E-state index is 13.3. The van der Waals surface area contributed by atoms with Gasteiger partial charge in [0, 0.05) is 13.1 Å². The zero-order valence-corrected chi connectivity index (χ0v) is 12.5. The molecule has 0 saturated carbocycles. The highest BCUT2D eigenvalue weighted by Gasteiger charge is 2.30. The van der Waals surface area contributed by atoms with E-state index in [1.807, 2.05) is 0 Å². The Morgan fingerprint density at radius 3 is 2.86 bits per heavy atom. The summed E-state index contributed by atoms with van der Waals surface area (Å²) in [6, 6.07) is 5.97. The van der Waals surface area contributed by atoms with Gasteiger partial charge in [-0.25, -0.2) is 12.8 Å². The van der Waals surface area contributed by atoms with Gasteiger partial charge in [-0.15, -0.1) is 0 Å².